The van der Waals surface area contributed by atoms with E-state index in [1.54, 1.807) is 31.2 Å². The minimum Gasteiger partial charge on any atom is -0.480 e. The van der Waals surface area contributed by atoms with Gasteiger partial charge >= 0.3 is 5.97 Å². The lowest BCUT2D eigenvalue weighted by atomic mass is 9.92. The van der Waals surface area contributed by atoms with Crippen molar-refractivity contribution in [3.8, 4) is 0 Å². The lowest BCUT2D eigenvalue weighted by Crippen LogP contribution is -2.47. The number of nitrogens with one attached hydrogen (secondary N) is 1. The molecule has 0 amide bonds. The summed E-state index contributed by atoms with van der Waals surface area (Å²) in [4.78, 5) is 14.1. The molecule has 0 fully saturated rings. The Morgan fingerprint density at radius 3 is 2.68 bits per heavy atom. The molecule has 1 aromatic carbocycles. The van der Waals surface area contributed by atoms with Crippen molar-refractivity contribution in [1.82, 2.24) is 5.32 Å². The summed E-state index contributed by atoms with van der Waals surface area (Å²) in [7, 11) is 0. The van der Waals surface area contributed by atoms with Crippen LogP contribution < -0.4 is 5.32 Å². The highest BCUT2D eigenvalue weighted by Gasteiger charge is 2.34. The highest BCUT2D eigenvalue weighted by molar-refractivity contribution is 9.10. The third kappa shape index (κ3) is 4.24. The molecular formula is C12H15BrN4O2. The fourth-order valence-electron chi connectivity index (χ4n) is 1.62. The molecule has 0 aliphatic rings. The van der Waals surface area contributed by atoms with Gasteiger partial charge in [-0.15, -0.1) is 0 Å². The van der Waals surface area contributed by atoms with Gasteiger partial charge in [0.05, 0.1) is 0 Å². The molecule has 0 spiro atoms. The minimum absolute atomic E-state index is 0.347. The molecule has 6 nitrogen and oxygen atoms in total. The monoisotopic (exact) mass is 326 g/mol. The normalized spacial score (nSPS) is 13.4. The van der Waals surface area contributed by atoms with E-state index in [4.69, 9.17) is 5.53 Å². The third-order valence-corrected chi connectivity index (χ3v) is 3.35. The molecule has 0 aliphatic carbocycles. The number of carboxylic acid groups (broad SMARTS) is 1. The van der Waals surface area contributed by atoms with Crippen LogP contribution in [0.25, 0.3) is 10.4 Å². The van der Waals surface area contributed by atoms with Gasteiger partial charge in [0, 0.05) is 15.9 Å². The number of nitrogens with zero attached hydrogens (tertiary/aromatic N) is 3. The number of aliphatic carboxylic acids is 1. The number of halogens is 1. The van der Waals surface area contributed by atoms with Gasteiger partial charge in [0.25, 0.3) is 0 Å². The molecule has 1 rings (SSSR count). The van der Waals surface area contributed by atoms with E-state index in [9.17, 15) is 9.90 Å². The Labute approximate surface area is 119 Å². The number of carboxylic acids is 1. The quantitative estimate of drug-likeness (QED) is 0.348. The fourth-order valence-corrected chi connectivity index (χ4v) is 1.88. The number of hydrogen-bond acceptors (Lipinski definition) is 3. The van der Waals surface area contributed by atoms with Crippen LogP contribution in [0.3, 0.4) is 0 Å². The Kier molecular flexibility index (Phi) is 5.82. The Balaban J connectivity index is 2.76. The second-order valence-corrected chi connectivity index (χ2v) is 5.09. The Bertz CT molecular complexity index is 485. The van der Waals surface area contributed by atoms with Crippen molar-refractivity contribution in [3.05, 3.63) is 44.7 Å². The molecule has 102 valence electrons. The maximum Gasteiger partial charge on any atom is 0.328 e. The average molecular weight is 327 g/mol. The van der Waals surface area contributed by atoms with Crippen LogP contribution in [0.5, 0.6) is 0 Å². The zero-order valence-corrected chi connectivity index (χ0v) is 12.1. The number of carbonyl (C=O) groups is 1. The zero-order chi connectivity index (χ0) is 14.3. The number of hydrogen-bond donors (Lipinski definition) is 2. The molecule has 1 unspecified atom stereocenters. The molecule has 0 saturated heterocycles. The third-order valence-electron chi connectivity index (χ3n) is 2.83. The van der Waals surface area contributed by atoms with Gasteiger partial charge in [-0.2, -0.15) is 0 Å². The molecule has 0 radical (unpaired) electrons. The van der Waals surface area contributed by atoms with E-state index in [2.05, 4.69) is 31.3 Å². The van der Waals surface area contributed by atoms with Gasteiger partial charge in [-0.1, -0.05) is 33.2 Å². The first-order valence-electron chi connectivity index (χ1n) is 5.76. The largest absolute Gasteiger partial charge is 0.480 e. The first-order valence-corrected chi connectivity index (χ1v) is 6.55. The molecule has 0 aromatic heterocycles. The first kappa shape index (κ1) is 15.5. The van der Waals surface area contributed by atoms with Crippen molar-refractivity contribution in [2.75, 3.05) is 13.1 Å². The number of rotatable bonds is 7. The van der Waals surface area contributed by atoms with Crippen molar-refractivity contribution in [2.45, 2.75) is 18.9 Å². The Morgan fingerprint density at radius 1 is 1.53 bits per heavy atom. The summed E-state index contributed by atoms with van der Waals surface area (Å²) in [6.45, 7) is 2.42. The second kappa shape index (κ2) is 7.13. The van der Waals surface area contributed by atoms with E-state index < -0.39 is 11.5 Å². The van der Waals surface area contributed by atoms with Crippen LogP contribution in [0.15, 0.2) is 33.9 Å². The predicted octanol–water partition coefficient (Wildman–Crippen LogP) is 3.04. The average Bonchev–Trinajstić information content (AvgIpc) is 2.38. The maximum absolute atomic E-state index is 11.5. The van der Waals surface area contributed by atoms with E-state index in [1.165, 1.54) is 0 Å². The Hall–Kier alpha value is -1.56. The topological polar surface area (TPSA) is 98.1 Å². The lowest BCUT2D eigenvalue weighted by Gasteiger charge is -2.27. The standard InChI is InChI=1S/C12H15BrN4O2/c1-12(11(18)19,15-7-2-8-16-17-14)9-3-5-10(13)6-4-9/h3-6,15H,2,7-8H2,1H3,(H,18,19). The van der Waals surface area contributed by atoms with E-state index >= 15 is 0 Å². The molecule has 0 saturated carbocycles. The van der Waals surface area contributed by atoms with Crippen LogP contribution in [0.2, 0.25) is 0 Å². The smallest absolute Gasteiger partial charge is 0.328 e. The summed E-state index contributed by atoms with van der Waals surface area (Å²) in [6.07, 6.45) is 0.587. The summed E-state index contributed by atoms with van der Waals surface area (Å²) in [5.74, 6) is -0.946. The lowest BCUT2D eigenvalue weighted by molar-refractivity contribution is -0.144. The molecule has 0 aliphatic heterocycles. The van der Waals surface area contributed by atoms with E-state index in [0.29, 0.717) is 25.1 Å². The molecule has 0 bridgehead atoms. The highest BCUT2D eigenvalue weighted by Crippen LogP contribution is 2.23. The van der Waals surface area contributed by atoms with Crippen molar-refractivity contribution in [3.63, 3.8) is 0 Å². The van der Waals surface area contributed by atoms with Crippen LogP contribution in [0, 0.1) is 0 Å². The van der Waals surface area contributed by atoms with Gasteiger partial charge in [-0.05, 0) is 43.1 Å². The maximum atomic E-state index is 11.5. The molecule has 1 atom stereocenters. The van der Waals surface area contributed by atoms with E-state index in [-0.39, 0.29) is 0 Å². The van der Waals surface area contributed by atoms with Crippen molar-refractivity contribution in [2.24, 2.45) is 5.11 Å². The summed E-state index contributed by atoms with van der Waals surface area (Å²) < 4.78 is 0.896. The van der Waals surface area contributed by atoms with Crippen molar-refractivity contribution < 1.29 is 9.90 Å². The fraction of sp³-hybridized carbons (Fsp3) is 0.417. The van der Waals surface area contributed by atoms with Gasteiger partial charge in [-0.25, -0.2) is 4.79 Å². The van der Waals surface area contributed by atoms with Gasteiger partial charge in [0.1, 0.15) is 5.54 Å². The molecule has 0 heterocycles. The number of azide groups is 1. The minimum atomic E-state index is -1.16. The van der Waals surface area contributed by atoms with E-state index in [0.717, 1.165) is 4.47 Å². The summed E-state index contributed by atoms with van der Waals surface area (Å²) in [5, 5.41) is 15.8. The van der Waals surface area contributed by atoms with Crippen LogP contribution in [-0.2, 0) is 10.3 Å². The molecule has 19 heavy (non-hydrogen) atoms. The van der Waals surface area contributed by atoms with Crippen molar-refractivity contribution >= 4 is 21.9 Å². The van der Waals surface area contributed by atoms with Crippen LogP contribution in [-0.4, -0.2) is 24.2 Å². The Morgan fingerprint density at radius 2 is 2.16 bits per heavy atom. The van der Waals surface area contributed by atoms with Gasteiger partial charge in [-0.3, -0.25) is 5.32 Å². The highest BCUT2D eigenvalue weighted by atomic mass is 79.9. The van der Waals surface area contributed by atoms with Crippen LogP contribution in [0.1, 0.15) is 18.9 Å². The summed E-state index contributed by atoms with van der Waals surface area (Å²) >= 11 is 3.32. The molecule has 1 aromatic rings. The number of benzene rings is 1. The van der Waals surface area contributed by atoms with Gasteiger partial charge < -0.3 is 5.11 Å². The van der Waals surface area contributed by atoms with Crippen molar-refractivity contribution in [1.29, 1.82) is 0 Å². The van der Waals surface area contributed by atoms with Crippen LogP contribution >= 0.6 is 15.9 Å². The van der Waals surface area contributed by atoms with Crippen LogP contribution in [0.4, 0.5) is 0 Å². The van der Waals surface area contributed by atoms with Gasteiger partial charge in [0.15, 0.2) is 0 Å². The molecular weight excluding hydrogens is 312 g/mol. The van der Waals surface area contributed by atoms with E-state index in [1.807, 2.05) is 0 Å². The SMILES string of the molecule is CC(NCCCN=[N+]=[N-])(C(=O)O)c1ccc(Br)cc1. The van der Waals surface area contributed by atoms with Gasteiger partial charge in [0.2, 0.25) is 0 Å². The zero-order valence-electron chi connectivity index (χ0n) is 10.5. The molecule has 2 N–H and O–H groups in total. The predicted molar refractivity (Wildman–Crippen MR) is 75.8 cm³/mol. The molecule has 7 heteroatoms. The summed E-state index contributed by atoms with van der Waals surface area (Å²) in [6, 6.07) is 7.13. The summed E-state index contributed by atoms with van der Waals surface area (Å²) in [5.41, 5.74) is 7.67. The second-order valence-electron chi connectivity index (χ2n) is 4.17. The first-order chi connectivity index (χ1) is 9.00.